The van der Waals surface area contributed by atoms with E-state index in [4.69, 9.17) is 9.47 Å². The normalized spacial score (nSPS) is 13.3. The van der Waals surface area contributed by atoms with Crippen LogP contribution in [0.1, 0.15) is 80.4 Å². The fourth-order valence-electron chi connectivity index (χ4n) is 5.54. The number of Topliss-reactive ketones (excluding diaryl/α,β-unsaturated/α-hetero) is 1. The van der Waals surface area contributed by atoms with E-state index in [9.17, 15) is 24.0 Å². The lowest BCUT2D eigenvalue weighted by atomic mass is 10.0. The minimum Gasteiger partial charge on any atom is -0.444 e. The number of nitrogens with zero attached hydrogens (tertiary/aromatic N) is 2. The van der Waals surface area contributed by atoms with E-state index in [1.807, 2.05) is 105 Å². The van der Waals surface area contributed by atoms with Crippen molar-refractivity contribution >= 4 is 41.5 Å². The summed E-state index contributed by atoms with van der Waals surface area (Å²) in [7, 11) is 0. The zero-order valence-electron chi connectivity index (χ0n) is 33.8. The molecule has 0 bridgehead atoms. The number of ether oxygens (including phenoxy) is 2. The molecule has 1 unspecified atom stereocenters. The van der Waals surface area contributed by atoms with Crippen LogP contribution in [0.15, 0.2) is 95.9 Å². The Balaban J connectivity index is 2.13. The Kier molecular flexibility index (Phi) is 16.4. The van der Waals surface area contributed by atoms with Gasteiger partial charge in [0, 0.05) is 18.0 Å². The van der Waals surface area contributed by atoms with Crippen LogP contribution in [0.4, 0.5) is 9.59 Å². The van der Waals surface area contributed by atoms with Crippen molar-refractivity contribution in [1.82, 2.24) is 20.4 Å². The Labute approximate surface area is 330 Å². The molecule has 55 heavy (non-hydrogen) atoms. The highest BCUT2D eigenvalue weighted by Crippen LogP contribution is 2.30. The number of alkyl carbamates (subject to hydrolysis) is 2. The molecule has 3 rings (SSSR count). The van der Waals surface area contributed by atoms with Crippen molar-refractivity contribution in [2.75, 3.05) is 6.54 Å². The largest absolute Gasteiger partial charge is 0.444 e. The van der Waals surface area contributed by atoms with Crippen LogP contribution >= 0.6 is 11.8 Å². The number of benzene rings is 3. The predicted molar refractivity (Wildman–Crippen MR) is 216 cm³/mol. The maximum absolute atomic E-state index is 15.0. The highest BCUT2D eigenvalue weighted by atomic mass is 32.2. The SMILES string of the molecule is CC(C)[C@H](NC(=O)OC(C)(C)C)C(=O)N(CC(=O)C(Sc1ccccc1)N(Cc1ccccc1)C(=O)[C@@H](NC(=O)OC(C)(C)C)C(C)C)Cc1ccccc1. The first-order valence-electron chi connectivity index (χ1n) is 18.6. The molecule has 0 radical (unpaired) electrons. The molecular weight excluding hydrogens is 717 g/mol. The molecule has 11 nitrogen and oxygen atoms in total. The van der Waals surface area contributed by atoms with E-state index in [1.54, 1.807) is 55.4 Å². The molecule has 0 heterocycles. The van der Waals surface area contributed by atoms with Gasteiger partial charge in [0.2, 0.25) is 11.8 Å². The molecule has 0 aliphatic heterocycles. The molecule has 0 aliphatic carbocycles. The Bertz CT molecular complexity index is 1710. The topological polar surface area (TPSA) is 134 Å². The van der Waals surface area contributed by atoms with Gasteiger partial charge in [0.15, 0.2) is 5.78 Å². The third-order valence-electron chi connectivity index (χ3n) is 8.11. The van der Waals surface area contributed by atoms with Crippen LogP contribution in [-0.2, 0) is 36.9 Å². The lowest BCUT2D eigenvalue weighted by Crippen LogP contribution is -2.57. The Morgan fingerprint density at radius 1 is 0.600 bits per heavy atom. The van der Waals surface area contributed by atoms with Gasteiger partial charge in [-0.05, 0) is 76.6 Å². The Morgan fingerprint density at radius 3 is 1.42 bits per heavy atom. The average Bonchev–Trinajstić information content (AvgIpc) is 3.09. The number of rotatable bonds is 16. The van der Waals surface area contributed by atoms with E-state index in [0.717, 1.165) is 16.0 Å². The molecule has 3 aromatic rings. The highest BCUT2D eigenvalue weighted by Gasteiger charge is 2.39. The summed E-state index contributed by atoms with van der Waals surface area (Å²) >= 11 is 1.19. The molecule has 2 N–H and O–H groups in total. The zero-order chi connectivity index (χ0) is 40.9. The van der Waals surface area contributed by atoms with Crippen LogP contribution in [0, 0.1) is 11.8 Å². The van der Waals surface area contributed by atoms with E-state index in [1.165, 1.54) is 21.6 Å². The van der Waals surface area contributed by atoms with Gasteiger partial charge in [0.05, 0.1) is 6.54 Å². The van der Waals surface area contributed by atoms with Crippen molar-refractivity contribution in [3.63, 3.8) is 0 Å². The molecule has 0 aromatic heterocycles. The Hall–Kier alpha value is -4.84. The maximum Gasteiger partial charge on any atom is 0.408 e. The van der Waals surface area contributed by atoms with Crippen molar-refractivity contribution in [1.29, 1.82) is 0 Å². The summed E-state index contributed by atoms with van der Waals surface area (Å²) < 4.78 is 11.0. The number of hydrogen-bond acceptors (Lipinski definition) is 8. The van der Waals surface area contributed by atoms with Gasteiger partial charge in [-0.1, -0.05) is 118 Å². The molecule has 4 amide bonds. The number of hydrogen-bond donors (Lipinski definition) is 2. The smallest absolute Gasteiger partial charge is 0.408 e. The van der Waals surface area contributed by atoms with Gasteiger partial charge < -0.3 is 29.9 Å². The number of amides is 4. The van der Waals surface area contributed by atoms with Gasteiger partial charge in [0.25, 0.3) is 0 Å². The number of carbonyl (C=O) groups is 5. The van der Waals surface area contributed by atoms with E-state index in [2.05, 4.69) is 10.6 Å². The summed E-state index contributed by atoms with van der Waals surface area (Å²) in [5.74, 6) is -2.13. The van der Waals surface area contributed by atoms with Gasteiger partial charge in [0.1, 0.15) is 28.7 Å². The summed E-state index contributed by atoms with van der Waals surface area (Å²) in [4.78, 5) is 73.9. The second kappa shape index (κ2) is 20.2. The van der Waals surface area contributed by atoms with Gasteiger partial charge >= 0.3 is 12.2 Å². The molecule has 0 aliphatic rings. The second-order valence-corrected chi connectivity index (χ2v) is 17.3. The molecular formula is C43H58N4O7S. The summed E-state index contributed by atoms with van der Waals surface area (Å²) in [6.45, 7) is 17.4. The number of nitrogens with one attached hydrogen (secondary N) is 2. The van der Waals surface area contributed by atoms with E-state index < -0.39 is 58.4 Å². The summed E-state index contributed by atoms with van der Waals surface area (Å²) in [5.41, 5.74) is -0.0619. The maximum atomic E-state index is 15.0. The van der Waals surface area contributed by atoms with Crippen molar-refractivity contribution in [3.8, 4) is 0 Å². The lowest BCUT2D eigenvalue weighted by Gasteiger charge is -2.36. The quantitative estimate of drug-likeness (QED) is 0.111. The van der Waals surface area contributed by atoms with Crippen molar-refractivity contribution in [2.45, 2.75) is 116 Å². The molecule has 0 fully saturated rings. The van der Waals surface area contributed by atoms with Gasteiger partial charge in [-0.2, -0.15) is 0 Å². The lowest BCUT2D eigenvalue weighted by molar-refractivity contribution is -0.143. The second-order valence-electron chi connectivity index (χ2n) is 16.1. The van der Waals surface area contributed by atoms with Crippen molar-refractivity contribution in [2.24, 2.45) is 11.8 Å². The predicted octanol–water partition coefficient (Wildman–Crippen LogP) is 7.83. The third kappa shape index (κ3) is 15.1. The molecule has 0 saturated carbocycles. The molecule has 3 atom stereocenters. The summed E-state index contributed by atoms with van der Waals surface area (Å²) in [5, 5.41) is 4.35. The van der Waals surface area contributed by atoms with Crippen LogP contribution in [0.2, 0.25) is 0 Å². The zero-order valence-corrected chi connectivity index (χ0v) is 34.6. The number of ketones is 1. The number of thioether (sulfide) groups is 1. The fraction of sp³-hybridized carbons (Fsp3) is 0.465. The summed E-state index contributed by atoms with van der Waals surface area (Å²) in [6.07, 6.45) is -1.51. The van der Waals surface area contributed by atoms with Crippen LogP contribution in [0.25, 0.3) is 0 Å². The van der Waals surface area contributed by atoms with E-state index in [-0.39, 0.29) is 31.5 Å². The summed E-state index contributed by atoms with van der Waals surface area (Å²) in [6, 6.07) is 25.7. The molecule has 0 saturated heterocycles. The highest BCUT2D eigenvalue weighted by molar-refractivity contribution is 8.00. The fourth-order valence-corrected chi connectivity index (χ4v) is 6.62. The van der Waals surface area contributed by atoms with Crippen LogP contribution in [-0.4, -0.2) is 74.8 Å². The van der Waals surface area contributed by atoms with Crippen molar-refractivity contribution < 1.29 is 33.4 Å². The monoisotopic (exact) mass is 774 g/mol. The first-order valence-corrected chi connectivity index (χ1v) is 19.5. The first-order chi connectivity index (χ1) is 25.7. The standard InChI is InChI=1S/C43H58N4O7S/c1-29(2)35(44-40(51)53-42(5,6)7)37(49)46(26-31-20-14-11-15-21-31)28-34(48)39(55-33-24-18-13-19-25-33)47(27-32-22-16-12-17-23-32)38(50)36(30(3)4)45-41(52)54-43(8,9)10/h11-25,29-30,35-36,39H,26-28H2,1-10H3,(H,44,51)(H,45,52)/t35-,36-,39?/m0/s1. The van der Waals surface area contributed by atoms with Gasteiger partial charge in [-0.15, -0.1) is 0 Å². The van der Waals surface area contributed by atoms with Gasteiger partial charge in [-0.3, -0.25) is 14.4 Å². The average molecular weight is 775 g/mol. The van der Waals surface area contributed by atoms with E-state index in [0.29, 0.717) is 0 Å². The van der Waals surface area contributed by atoms with Crippen LogP contribution in [0.5, 0.6) is 0 Å². The van der Waals surface area contributed by atoms with E-state index >= 15 is 0 Å². The van der Waals surface area contributed by atoms with Crippen LogP contribution < -0.4 is 10.6 Å². The minimum absolute atomic E-state index is 0.0383. The molecule has 12 heteroatoms. The third-order valence-corrected chi connectivity index (χ3v) is 9.40. The van der Waals surface area contributed by atoms with Crippen molar-refractivity contribution in [3.05, 3.63) is 102 Å². The first kappa shape index (κ1) is 44.6. The molecule has 3 aromatic carbocycles. The molecule has 0 spiro atoms. The van der Waals surface area contributed by atoms with Gasteiger partial charge in [-0.25, -0.2) is 9.59 Å². The number of carbonyl (C=O) groups excluding carboxylic acids is 5. The Morgan fingerprint density at radius 2 is 1.00 bits per heavy atom. The van der Waals surface area contributed by atoms with Crippen LogP contribution in [0.3, 0.4) is 0 Å². The minimum atomic E-state index is -1.14. The molecule has 298 valence electrons.